The van der Waals surface area contributed by atoms with Gasteiger partial charge in [0.25, 0.3) is 0 Å². The number of benzene rings is 1. The van der Waals surface area contributed by atoms with Gasteiger partial charge in [0.1, 0.15) is 6.29 Å². The maximum absolute atomic E-state index is 13.1. The Morgan fingerprint density at radius 3 is 2.46 bits per heavy atom. The van der Waals surface area contributed by atoms with Crippen LogP contribution in [0.25, 0.3) is 0 Å². The summed E-state index contributed by atoms with van der Waals surface area (Å²) in [5.41, 5.74) is 0.218. The van der Waals surface area contributed by atoms with Crippen molar-refractivity contribution in [1.82, 2.24) is 0 Å². The molecular formula is C9H9FO3. The van der Waals surface area contributed by atoms with E-state index in [2.05, 4.69) is 0 Å². The average Bonchev–Trinajstić information content (AvgIpc) is 2.16. The van der Waals surface area contributed by atoms with Crippen molar-refractivity contribution < 1.29 is 18.7 Å². The maximum Gasteiger partial charge on any atom is 0.196 e. The molecule has 70 valence electrons. The van der Waals surface area contributed by atoms with E-state index in [1.54, 1.807) is 0 Å². The van der Waals surface area contributed by atoms with Crippen molar-refractivity contribution in [1.29, 1.82) is 0 Å². The Balaban J connectivity index is 3.28. The van der Waals surface area contributed by atoms with E-state index in [0.29, 0.717) is 6.29 Å². The summed E-state index contributed by atoms with van der Waals surface area (Å²) in [7, 11) is 2.72. The molecule has 0 heterocycles. The predicted octanol–water partition coefficient (Wildman–Crippen LogP) is 1.66. The highest BCUT2D eigenvalue weighted by atomic mass is 19.1. The molecule has 4 heteroatoms. The van der Waals surface area contributed by atoms with E-state index < -0.39 is 5.82 Å². The number of hydrogen-bond donors (Lipinski definition) is 0. The van der Waals surface area contributed by atoms with E-state index >= 15 is 0 Å². The second-order valence-corrected chi connectivity index (χ2v) is 2.36. The van der Waals surface area contributed by atoms with Crippen LogP contribution in [0.5, 0.6) is 11.5 Å². The first-order valence-corrected chi connectivity index (χ1v) is 3.59. The SMILES string of the molecule is COc1cc(C=O)cc(F)c1OC. The molecule has 1 aromatic rings. The van der Waals surface area contributed by atoms with E-state index in [-0.39, 0.29) is 17.1 Å². The summed E-state index contributed by atoms with van der Waals surface area (Å²) >= 11 is 0. The van der Waals surface area contributed by atoms with Gasteiger partial charge in [0.2, 0.25) is 0 Å². The van der Waals surface area contributed by atoms with Crippen LogP contribution in [0.2, 0.25) is 0 Å². The molecule has 0 spiro atoms. The van der Waals surface area contributed by atoms with Gasteiger partial charge in [-0.1, -0.05) is 0 Å². The minimum atomic E-state index is -0.607. The summed E-state index contributed by atoms with van der Waals surface area (Å²) < 4.78 is 22.7. The molecule has 0 aliphatic heterocycles. The topological polar surface area (TPSA) is 35.5 Å². The molecular weight excluding hydrogens is 175 g/mol. The molecule has 3 nitrogen and oxygen atoms in total. The fourth-order valence-electron chi connectivity index (χ4n) is 1.01. The van der Waals surface area contributed by atoms with Crippen LogP contribution >= 0.6 is 0 Å². The molecule has 0 amide bonds. The molecule has 0 aliphatic rings. The minimum Gasteiger partial charge on any atom is -0.493 e. The Morgan fingerprint density at radius 2 is 2.00 bits per heavy atom. The van der Waals surface area contributed by atoms with E-state index in [1.165, 1.54) is 20.3 Å². The van der Waals surface area contributed by atoms with Gasteiger partial charge in [0.05, 0.1) is 14.2 Å². The van der Waals surface area contributed by atoms with Crippen LogP contribution in [-0.4, -0.2) is 20.5 Å². The van der Waals surface area contributed by atoms with Crippen molar-refractivity contribution in [3.8, 4) is 11.5 Å². The number of carbonyl (C=O) groups is 1. The number of methoxy groups -OCH3 is 2. The van der Waals surface area contributed by atoms with Gasteiger partial charge in [-0.05, 0) is 12.1 Å². The highest BCUT2D eigenvalue weighted by Gasteiger charge is 2.11. The van der Waals surface area contributed by atoms with Gasteiger partial charge in [-0.2, -0.15) is 0 Å². The number of ether oxygens (including phenoxy) is 2. The largest absolute Gasteiger partial charge is 0.493 e. The normalized spacial score (nSPS) is 9.46. The first-order chi connectivity index (χ1) is 6.22. The predicted molar refractivity (Wildman–Crippen MR) is 44.9 cm³/mol. The maximum atomic E-state index is 13.1. The van der Waals surface area contributed by atoms with Gasteiger partial charge in [-0.15, -0.1) is 0 Å². The molecule has 0 aliphatic carbocycles. The van der Waals surface area contributed by atoms with E-state index in [1.807, 2.05) is 0 Å². The zero-order valence-corrected chi connectivity index (χ0v) is 7.33. The molecule has 13 heavy (non-hydrogen) atoms. The van der Waals surface area contributed by atoms with Crippen LogP contribution in [0.1, 0.15) is 10.4 Å². The quantitative estimate of drug-likeness (QED) is 0.670. The molecule has 0 radical (unpaired) electrons. The molecule has 0 saturated heterocycles. The Hall–Kier alpha value is -1.58. The summed E-state index contributed by atoms with van der Waals surface area (Å²) in [6, 6.07) is 2.50. The van der Waals surface area contributed by atoms with Gasteiger partial charge in [-0.3, -0.25) is 4.79 Å². The number of halogens is 1. The smallest absolute Gasteiger partial charge is 0.196 e. The Morgan fingerprint density at radius 1 is 1.31 bits per heavy atom. The third-order valence-electron chi connectivity index (χ3n) is 1.59. The van der Waals surface area contributed by atoms with Crippen molar-refractivity contribution in [3.05, 3.63) is 23.5 Å². The molecule has 0 saturated carbocycles. The minimum absolute atomic E-state index is 0.00750. The van der Waals surface area contributed by atoms with Crippen LogP contribution in [-0.2, 0) is 0 Å². The molecule has 1 aromatic carbocycles. The van der Waals surface area contributed by atoms with Crippen molar-refractivity contribution >= 4 is 6.29 Å². The first kappa shape index (κ1) is 9.51. The van der Waals surface area contributed by atoms with Crippen LogP contribution in [0.4, 0.5) is 4.39 Å². The van der Waals surface area contributed by atoms with Crippen LogP contribution < -0.4 is 9.47 Å². The highest BCUT2D eigenvalue weighted by Crippen LogP contribution is 2.30. The lowest BCUT2D eigenvalue weighted by atomic mass is 10.2. The van der Waals surface area contributed by atoms with Gasteiger partial charge < -0.3 is 9.47 Å². The van der Waals surface area contributed by atoms with Crippen molar-refractivity contribution in [2.75, 3.05) is 14.2 Å². The van der Waals surface area contributed by atoms with Gasteiger partial charge in [0.15, 0.2) is 17.3 Å². The lowest BCUT2D eigenvalue weighted by Gasteiger charge is -2.08. The van der Waals surface area contributed by atoms with Gasteiger partial charge >= 0.3 is 0 Å². The summed E-state index contributed by atoms with van der Waals surface area (Å²) in [5, 5.41) is 0. The van der Waals surface area contributed by atoms with E-state index in [0.717, 1.165) is 6.07 Å². The van der Waals surface area contributed by atoms with Gasteiger partial charge in [-0.25, -0.2) is 4.39 Å². The summed E-state index contributed by atoms with van der Waals surface area (Å²) in [5.74, 6) is -0.387. The molecule has 0 aromatic heterocycles. The monoisotopic (exact) mass is 184 g/mol. The summed E-state index contributed by atoms with van der Waals surface area (Å²) in [6.07, 6.45) is 0.547. The highest BCUT2D eigenvalue weighted by molar-refractivity contribution is 5.76. The third kappa shape index (κ3) is 1.77. The first-order valence-electron chi connectivity index (χ1n) is 3.59. The lowest BCUT2D eigenvalue weighted by Crippen LogP contribution is -1.95. The fraction of sp³-hybridized carbons (Fsp3) is 0.222. The number of aldehydes is 1. The van der Waals surface area contributed by atoms with E-state index in [4.69, 9.17) is 9.47 Å². The third-order valence-corrected chi connectivity index (χ3v) is 1.59. The van der Waals surface area contributed by atoms with Crippen LogP contribution in [0, 0.1) is 5.82 Å². The van der Waals surface area contributed by atoms with E-state index in [9.17, 15) is 9.18 Å². The van der Waals surface area contributed by atoms with Gasteiger partial charge in [0, 0.05) is 5.56 Å². The van der Waals surface area contributed by atoms with Crippen molar-refractivity contribution in [3.63, 3.8) is 0 Å². The molecule has 0 fully saturated rings. The second kappa shape index (κ2) is 3.89. The summed E-state index contributed by atoms with van der Waals surface area (Å²) in [4.78, 5) is 10.4. The molecule has 0 unspecified atom stereocenters. The molecule has 0 atom stereocenters. The Bertz CT molecular complexity index is 323. The molecule has 0 N–H and O–H groups in total. The number of rotatable bonds is 3. The summed E-state index contributed by atoms with van der Waals surface area (Å²) in [6.45, 7) is 0. The van der Waals surface area contributed by atoms with Crippen molar-refractivity contribution in [2.24, 2.45) is 0 Å². The molecule has 1 rings (SSSR count). The Kier molecular flexibility index (Phi) is 2.84. The zero-order valence-electron chi connectivity index (χ0n) is 7.33. The average molecular weight is 184 g/mol. The second-order valence-electron chi connectivity index (χ2n) is 2.36. The Labute approximate surface area is 75.1 Å². The fourth-order valence-corrected chi connectivity index (χ4v) is 1.01. The van der Waals surface area contributed by atoms with Crippen LogP contribution in [0.3, 0.4) is 0 Å². The van der Waals surface area contributed by atoms with Crippen molar-refractivity contribution in [2.45, 2.75) is 0 Å². The standard InChI is InChI=1S/C9H9FO3/c1-12-8-4-6(5-11)3-7(10)9(8)13-2/h3-5H,1-2H3. The zero-order chi connectivity index (χ0) is 9.84. The lowest BCUT2D eigenvalue weighted by molar-refractivity contribution is 0.112. The number of hydrogen-bond acceptors (Lipinski definition) is 3. The van der Waals surface area contributed by atoms with Crippen LogP contribution in [0.15, 0.2) is 12.1 Å². The molecule has 0 bridgehead atoms. The number of carbonyl (C=O) groups excluding carboxylic acids is 1.